The molecule has 0 fully saturated rings. The molecule has 176 valence electrons. The van der Waals surface area contributed by atoms with E-state index in [1.165, 1.54) is 31.3 Å². The third-order valence-electron chi connectivity index (χ3n) is 4.89. The van der Waals surface area contributed by atoms with Crippen LogP contribution < -0.4 is 4.74 Å². The minimum absolute atomic E-state index is 0.0312. The van der Waals surface area contributed by atoms with Crippen molar-refractivity contribution in [3.05, 3.63) is 78.3 Å². The van der Waals surface area contributed by atoms with Crippen LogP contribution in [-0.2, 0) is 22.6 Å². The summed E-state index contributed by atoms with van der Waals surface area (Å²) in [6.07, 6.45) is -3.13. The average molecular weight is 489 g/mol. The van der Waals surface area contributed by atoms with Crippen molar-refractivity contribution in [2.75, 3.05) is 5.75 Å². The number of sulfone groups is 1. The van der Waals surface area contributed by atoms with Gasteiger partial charge in [0.2, 0.25) is 0 Å². The number of pyridine rings is 1. The lowest BCUT2D eigenvalue weighted by Crippen LogP contribution is -2.07. The van der Waals surface area contributed by atoms with Crippen LogP contribution in [0.2, 0.25) is 0 Å². The smallest absolute Gasteiger partial charge is 0.416 e. The summed E-state index contributed by atoms with van der Waals surface area (Å²) in [6, 6.07) is 14.7. The number of aromatic nitrogens is 3. The number of ether oxygens (including phenoxy) is 1. The van der Waals surface area contributed by atoms with Crippen molar-refractivity contribution < 1.29 is 30.7 Å². The molecule has 4 aromatic rings. The molecule has 2 heterocycles. The monoisotopic (exact) mass is 489 g/mol. The van der Waals surface area contributed by atoms with Crippen molar-refractivity contribution in [1.82, 2.24) is 15.2 Å². The second-order valence-electron chi connectivity index (χ2n) is 7.15. The minimum atomic E-state index is -4.47. The quantitative estimate of drug-likeness (QED) is 0.353. The zero-order chi connectivity index (χ0) is 24.3. The summed E-state index contributed by atoms with van der Waals surface area (Å²) < 4.78 is 75.3. The maximum atomic E-state index is 12.9. The standard InChI is InChI=1S/C23H18F3N3O4S/c1-2-34(30,31)19-12-16(15-8-10-17(11-9-15)23(24,25)26)13-27-21(19)22-29-28-20(33-22)14-32-18-6-4-3-5-7-18/h3-13H,2,14H2,1H3. The third kappa shape index (κ3) is 5.09. The highest BCUT2D eigenvalue weighted by Gasteiger charge is 2.30. The third-order valence-corrected chi connectivity index (χ3v) is 6.63. The van der Waals surface area contributed by atoms with Gasteiger partial charge in [0.05, 0.1) is 16.2 Å². The van der Waals surface area contributed by atoms with Crippen LogP contribution in [0.3, 0.4) is 0 Å². The van der Waals surface area contributed by atoms with E-state index in [1.54, 1.807) is 24.3 Å². The Labute approximate surface area is 193 Å². The molecule has 0 aliphatic rings. The van der Waals surface area contributed by atoms with Crippen LogP contribution in [0.5, 0.6) is 5.75 Å². The van der Waals surface area contributed by atoms with E-state index in [0.29, 0.717) is 16.9 Å². The fourth-order valence-electron chi connectivity index (χ4n) is 3.08. The molecule has 34 heavy (non-hydrogen) atoms. The molecule has 2 aromatic carbocycles. The Bertz CT molecular complexity index is 1390. The number of para-hydroxylation sites is 1. The number of nitrogens with zero attached hydrogens (tertiary/aromatic N) is 3. The molecular formula is C23H18F3N3O4S. The molecule has 0 N–H and O–H groups in total. The zero-order valence-corrected chi connectivity index (χ0v) is 18.6. The first-order chi connectivity index (χ1) is 16.2. The number of rotatable bonds is 7. The van der Waals surface area contributed by atoms with Crippen molar-refractivity contribution in [1.29, 1.82) is 0 Å². The van der Waals surface area contributed by atoms with Gasteiger partial charge in [-0.1, -0.05) is 37.3 Å². The van der Waals surface area contributed by atoms with Crippen LogP contribution >= 0.6 is 0 Å². The second kappa shape index (κ2) is 9.26. The molecule has 11 heteroatoms. The molecule has 0 radical (unpaired) electrons. The number of hydrogen-bond donors (Lipinski definition) is 0. The van der Waals surface area contributed by atoms with Crippen LogP contribution in [0.15, 0.2) is 76.2 Å². The first-order valence-electron chi connectivity index (χ1n) is 10.1. The van der Waals surface area contributed by atoms with Crippen molar-refractivity contribution in [3.8, 4) is 28.5 Å². The van der Waals surface area contributed by atoms with E-state index in [1.807, 2.05) is 6.07 Å². The van der Waals surface area contributed by atoms with Crippen molar-refractivity contribution in [2.24, 2.45) is 0 Å². The Kier molecular flexibility index (Phi) is 6.38. The van der Waals surface area contributed by atoms with Gasteiger partial charge in [0.15, 0.2) is 16.4 Å². The number of hydrogen-bond acceptors (Lipinski definition) is 7. The lowest BCUT2D eigenvalue weighted by atomic mass is 10.1. The summed E-state index contributed by atoms with van der Waals surface area (Å²) in [5.74, 6) is 0.372. The van der Waals surface area contributed by atoms with Crippen LogP contribution in [-0.4, -0.2) is 29.4 Å². The molecule has 4 rings (SSSR count). The van der Waals surface area contributed by atoms with Gasteiger partial charge in [-0.15, -0.1) is 10.2 Å². The zero-order valence-electron chi connectivity index (χ0n) is 17.8. The molecule has 0 unspecified atom stereocenters. The van der Waals surface area contributed by atoms with Gasteiger partial charge in [-0.05, 0) is 35.9 Å². The van der Waals surface area contributed by atoms with Crippen molar-refractivity contribution >= 4 is 9.84 Å². The summed E-state index contributed by atoms with van der Waals surface area (Å²) in [5.41, 5.74) is -0.145. The van der Waals surface area contributed by atoms with Gasteiger partial charge in [0.1, 0.15) is 11.4 Å². The van der Waals surface area contributed by atoms with Gasteiger partial charge in [0.25, 0.3) is 11.8 Å². The van der Waals surface area contributed by atoms with Gasteiger partial charge in [-0.25, -0.2) is 13.4 Å². The molecule has 0 atom stereocenters. The summed E-state index contributed by atoms with van der Waals surface area (Å²) in [7, 11) is -3.79. The summed E-state index contributed by atoms with van der Waals surface area (Å²) in [4.78, 5) is 4.04. The Morgan fingerprint density at radius 2 is 1.68 bits per heavy atom. The van der Waals surface area contributed by atoms with Crippen molar-refractivity contribution in [2.45, 2.75) is 24.6 Å². The lowest BCUT2D eigenvalue weighted by molar-refractivity contribution is -0.137. The van der Waals surface area contributed by atoms with Gasteiger partial charge in [0, 0.05) is 11.8 Å². The second-order valence-corrected chi connectivity index (χ2v) is 9.40. The van der Waals surface area contributed by atoms with E-state index in [9.17, 15) is 21.6 Å². The van der Waals surface area contributed by atoms with E-state index in [2.05, 4.69) is 15.2 Å². The largest absolute Gasteiger partial charge is 0.484 e. The van der Waals surface area contributed by atoms with E-state index in [4.69, 9.17) is 9.15 Å². The van der Waals surface area contributed by atoms with Crippen molar-refractivity contribution in [3.63, 3.8) is 0 Å². The predicted octanol–water partition coefficient (Wildman–Crippen LogP) is 5.19. The fourth-order valence-corrected chi connectivity index (χ4v) is 4.13. The van der Waals surface area contributed by atoms with E-state index < -0.39 is 21.6 Å². The topological polar surface area (TPSA) is 95.2 Å². The highest BCUT2D eigenvalue weighted by atomic mass is 32.2. The highest BCUT2D eigenvalue weighted by molar-refractivity contribution is 7.91. The van der Waals surface area contributed by atoms with E-state index in [0.717, 1.165) is 12.1 Å². The molecule has 2 aromatic heterocycles. The SMILES string of the molecule is CCS(=O)(=O)c1cc(-c2ccc(C(F)(F)F)cc2)cnc1-c1nnc(COc2ccccc2)o1. The first-order valence-corrected chi connectivity index (χ1v) is 11.7. The predicted molar refractivity (Wildman–Crippen MR) is 116 cm³/mol. The number of alkyl halides is 3. The fraction of sp³-hybridized carbons (Fsp3) is 0.174. The Morgan fingerprint density at radius 1 is 0.971 bits per heavy atom. The Morgan fingerprint density at radius 3 is 2.32 bits per heavy atom. The molecular weight excluding hydrogens is 471 g/mol. The number of benzene rings is 2. The molecule has 0 amide bonds. The summed E-state index contributed by atoms with van der Waals surface area (Å²) in [6.45, 7) is 1.44. The molecule has 0 bridgehead atoms. The Hall–Kier alpha value is -3.73. The molecule has 0 spiro atoms. The molecule has 0 saturated carbocycles. The molecule has 0 aliphatic heterocycles. The normalized spacial score (nSPS) is 12.0. The first kappa shape index (κ1) is 23.4. The van der Waals surface area contributed by atoms with Gasteiger partial charge >= 0.3 is 6.18 Å². The molecule has 7 nitrogen and oxygen atoms in total. The maximum absolute atomic E-state index is 12.9. The van der Waals surface area contributed by atoms with E-state index in [-0.39, 0.29) is 34.7 Å². The van der Waals surface area contributed by atoms with Crippen LogP contribution in [0.1, 0.15) is 18.4 Å². The van der Waals surface area contributed by atoms with Crippen LogP contribution in [0, 0.1) is 0 Å². The summed E-state index contributed by atoms with van der Waals surface area (Å²) in [5, 5.41) is 7.79. The number of halogens is 3. The van der Waals surface area contributed by atoms with Gasteiger partial charge in [-0.2, -0.15) is 13.2 Å². The van der Waals surface area contributed by atoms with Crippen LogP contribution in [0.25, 0.3) is 22.7 Å². The minimum Gasteiger partial charge on any atom is -0.484 e. The maximum Gasteiger partial charge on any atom is 0.416 e. The Balaban J connectivity index is 1.66. The van der Waals surface area contributed by atoms with E-state index >= 15 is 0 Å². The molecule has 0 saturated heterocycles. The van der Waals surface area contributed by atoms with Gasteiger partial charge in [-0.3, -0.25) is 0 Å². The average Bonchev–Trinajstić information content (AvgIpc) is 3.31. The van der Waals surface area contributed by atoms with Gasteiger partial charge < -0.3 is 9.15 Å². The molecule has 0 aliphatic carbocycles. The highest BCUT2D eigenvalue weighted by Crippen LogP contribution is 2.33. The lowest BCUT2D eigenvalue weighted by Gasteiger charge is -2.10. The summed E-state index contributed by atoms with van der Waals surface area (Å²) >= 11 is 0. The van der Waals surface area contributed by atoms with Crippen LogP contribution in [0.4, 0.5) is 13.2 Å².